The Morgan fingerprint density at radius 3 is 2.92 bits per heavy atom. The summed E-state index contributed by atoms with van der Waals surface area (Å²) in [5.74, 6) is 0.929. The van der Waals surface area contributed by atoms with E-state index in [-0.39, 0.29) is 30.1 Å². The van der Waals surface area contributed by atoms with E-state index in [1.165, 1.54) is 16.7 Å². The molecule has 0 aliphatic carbocycles. The maximum Gasteiger partial charge on any atom is 0.193 e. The molecule has 1 aromatic heterocycles. The van der Waals surface area contributed by atoms with Crippen LogP contribution in [0, 0.1) is 13.8 Å². The van der Waals surface area contributed by atoms with Gasteiger partial charge in [-0.25, -0.2) is 4.98 Å². The Labute approximate surface area is 172 Å². The molecule has 0 radical (unpaired) electrons. The average molecular weight is 469 g/mol. The minimum absolute atomic E-state index is 0. The SMILES string of the molecule is CN=C(NCCn1ccnc1)N1CCOC(c2ccc(C)cc2C)C1.I. The number of rotatable bonds is 4. The molecule has 0 bridgehead atoms. The van der Waals surface area contributed by atoms with Crippen molar-refractivity contribution in [3.05, 3.63) is 53.6 Å². The van der Waals surface area contributed by atoms with Gasteiger partial charge in [-0.1, -0.05) is 23.8 Å². The number of halogens is 1. The number of ether oxygens (including phenoxy) is 1. The van der Waals surface area contributed by atoms with Crippen LogP contribution in [0.25, 0.3) is 0 Å². The van der Waals surface area contributed by atoms with E-state index in [2.05, 4.69) is 56.8 Å². The maximum atomic E-state index is 6.04. The van der Waals surface area contributed by atoms with Crippen LogP contribution in [0.3, 0.4) is 0 Å². The van der Waals surface area contributed by atoms with Gasteiger partial charge in [0.05, 0.1) is 19.5 Å². The predicted molar refractivity (Wildman–Crippen MR) is 115 cm³/mol. The molecule has 1 saturated heterocycles. The Balaban J connectivity index is 0.00000243. The first-order valence-electron chi connectivity index (χ1n) is 8.77. The van der Waals surface area contributed by atoms with Crippen LogP contribution in [0.5, 0.6) is 0 Å². The Morgan fingerprint density at radius 2 is 2.23 bits per heavy atom. The zero-order chi connectivity index (χ0) is 17.6. The van der Waals surface area contributed by atoms with Crippen LogP contribution < -0.4 is 5.32 Å². The summed E-state index contributed by atoms with van der Waals surface area (Å²) in [6, 6.07) is 6.56. The summed E-state index contributed by atoms with van der Waals surface area (Å²) in [6.45, 7) is 8.33. The normalized spacial score (nSPS) is 17.7. The lowest BCUT2D eigenvalue weighted by atomic mass is 10.00. The number of aryl methyl sites for hydroxylation is 2. The van der Waals surface area contributed by atoms with Gasteiger partial charge >= 0.3 is 0 Å². The maximum absolute atomic E-state index is 6.04. The van der Waals surface area contributed by atoms with E-state index in [0.29, 0.717) is 6.61 Å². The molecule has 7 heteroatoms. The number of hydrogen-bond donors (Lipinski definition) is 1. The molecule has 1 aliphatic heterocycles. The molecule has 1 unspecified atom stereocenters. The molecule has 142 valence electrons. The molecule has 3 rings (SSSR count). The van der Waals surface area contributed by atoms with Crippen LogP contribution in [-0.2, 0) is 11.3 Å². The lowest BCUT2D eigenvalue weighted by Gasteiger charge is -2.35. The Morgan fingerprint density at radius 1 is 1.38 bits per heavy atom. The second-order valence-electron chi connectivity index (χ2n) is 6.44. The monoisotopic (exact) mass is 469 g/mol. The summed E-state index contributed by atoms with van der Waals surface area (Å²) in [6.07, 6.45) is 5.68. The van der Waals surface area contributed by atoms with Gasteiger partial charge in [0.25, 0.3) is 0 Å². The van der Waals surface area contributed by atoms with E-state index in [1.807, 2.05) is 19.6 Å². The number of hydrogen-bond acceptors (Lipinski definition) is 3. The summed E-state index contributed by atoms with van der Waals surface area (Å²) in [4.78, 5) is 10.8. The number of imidazole rings is 1. The first-order chi connectivity index (χ1) is 12.2. The van der Waals surface area contributed by atoms with E-state index in [9.17, 15) is 0 Å². The molecular weight excluding hydrogens is 441 g/mol. The molecule has 2 heterocycles. The van der Waals surface area contributed by atoms with Gasteiger partial charge < -0.3 is 19.5 Å². The highest BCUT2D eigenvalue weighted by Crippen LogP contribution is 2.25. The van der Waals surface area contributed by atoms with Gasteiger partial charge in [-0.05, 0) is 25.0 Å². The third-order valence-corrected chi connectivity index (χ3v) is 4.56. The number of guanidine groups is 1. The summed E-state index contributed by atoms with van der Waals surface area (Å²) in [5.41, 5.74) is 3.84. The summed E-state index contributed by atoms with van der Waals surface area (Å²) < 4.78 is 8.09. The van der Waals surface area contributed by atoms with E-state index in [4.69, 9.17) is 4.74 Å². The van der Waals surface area contributed by atoms with Crippen molar-refractivity contribution in [1.29, 1.82) is 0 Å². The third-order valence-electron chi connectivity index (χ3n) is 4.56. The van der Waals surface area contributed by atoms with Crippen molar-refractivity contribution in [2.45, 2.75) is 26.5 Å². The van der Waals surface area contributed by atoms with Gasteiger partial charge in [-0.3, -0.25) is 4.99 Å². The van der Waals surface area contributed by atoms with Crippen molar-refractivity contribution in [3.8, 4) is 0 Å². The van der Waals surface area contributed by atoms with Crippen LogP contribution in [-0.4, -0.2) is 53.7 Å². The minimum Gasteiger partial charge on any atom is -0.370 e. The molecule has 26 heavy (non-hydrogen) atoms. The molecule has 2 aromatic rings. The zero-order valence-electron chi connectivity index (χ0n) is 15.7. The Bertz CT molecular complexity index is 717. The number of nitrogens with one attached hydrogen (secondary N) is 1. The highest BCUT2D eigenvalue weighted by atomic mass is 127. The fourth-order valence-corrected chi connectivity index (χ4v) is 3.26. The number of benzene rings is 1. The standard InChI is InChI=1S/C19H27N5O.HI/c1-15-4-5-17(16(2)12-15)18-13-24(10-11-25-18)19(20-3)22-7-9-23-8-6-21-14-23;/h4-6,8,12,14,18H,7,9-11,13H2,1-3H3,(H,20,22);1H. The molecule has 1 atom stereocenters. The highest BCUT2D eigenvalue weighted by Gasteiger charge is 2.25. The number of aliphatic imine (C=N–C) groups is 1. The quantitative estimate of drug-likeness (QED) is 0.425. The molecule has 1 aromatic carbocycles. The van der Waals surface area contributed by atoms with E-state index >= 15 is 0 Å². The second kappa shape index (κ2) is 9.91. The third kappa shape index (κ3) is 5.20. The van der Waals surface area contributed by atoms with Gasteiger partial charge in [0.15, 0.2) is 5.96 Å². The topological polar surface area (TPSA) is 54.7 Å². The molecule has 1 N–H and O–H groups in total. The van der Waals surface area contributed by atoms with E-state index in [1.54, 1.807) is 6.20 Å². The van der Waals surface area contributed by atoms with Crippen molar-refractivity contribution in [3.63, 3.8) is 0 Å². The zero-order valence-corrected chi connectivity index (χ0v) is 18.0. The van der Waals surface area contributed by atoms with Crippen molar-refractivity contribution < 1.29 is 4.74 Å². The van der Waals surface area contributed by atoms with Crippen LogP contribution in [0.2, 0.25) is 0 Å². The fraction of sp³-hybridized carbons (Fsp3) is 0.474. The van der Waals surface area contributed by atoms with E-state index in [0.717, 1.165) is 32.1 Å². The Kier molecular flexibility index (Phi) is 7.89. The second-order valence-corrected chi connectivity index (χ2v) is 6.44. The summed E-state index contributed by atoms with van der Waals surface area (Å²) >= 11 is 0. The summed E-state index contributed by atoms with van der Waals surface area (Å²) in [5, 5.41) is 3.44. The molecule has 1 fully saturated rings. The first kappa shape index (κ1) is 20.7. The average Bonchev–Trinajstić information content (AvgIpc) is 3.12. The molecular formula is C19H28IN5O. The molecule has 0 saturated carbocycles. The molecule has 0 spiro atoms. The van der Waals surface area contributed by atoms with Crippen LogP contribution in [0.4, 0.5) is 0 Å². The lowest BCUT2D eigenvalue weighted by molar-refractivity contribution is -0.00832. The predicted octanol–water partition coefficient (Wildman–Crippen LogP) is 2.77. The van der Waals surface area contributed by atoms with Gasteiger partial charge in [-0.2, -0.15) is 0 Å². The van der Waals surface area contributed by atoms with Gasteiger partial charge in [0.1, 0.15) is 6.10 Å². The van der Waals surface area contributed by atoms with Gasteiger partial charge in [-0.15, -0.1) is 24.0 Å². The molecule has 6 nitrogen and oxygen atoms in total. The fourth-order valence-electron chi connectivity index (χ4n) is 3.26. The van der Waals surface area contributed by atoms with Gasteiger partial charge in [0.2, 0.25) is 0 Å². The van der Waals surface area contributed by atoms with Gasteiger partial charge in [0, 0.05) is 39.1 Å². The van der Waals surface area contributed by atoms with Crippen LogP contribution in [0.1, 0.15) is 22.8 Å². The smallest absolute Gasteiger partial charge is 0.193 e. The Hall–Kier alpha value is -1.61. The number of morpholine rings is 1. The van der Waals surface area contributed by atoms with E-state index < -0.39 is 0 Å². The van der Waals surface area contributed by atoms with Crippen molar-refractivity contribution in [1.82, 2.24) is 19.8 Å². The number of nitrogens with zero attached hydrogens (tertiary/aromatic N) is 4. The molecule has 1 aliphatic rings. The number of aromatic nitrogens is 2. The van der Waals surface area contributed by atoms with Crippen LogP contribution in [0.15, 0.2) is 41.9 Å². The molecule has 0 amide bonds. The van der Waals surface area contributed by atoms with Crippen LogP contribution >= 0.6 is 24.0 Å². The minimum atomic E-state index is 0. The highest BCUT2D eigenvalue weighted by molar-refractivity contribution is 14.0. The van der Waals surface area contributed by atoms with Crippen molar-refractivity contribution >= 4 is 29.9 Å². The summed E-state index contributed by atoms with van der Waals surface area (Å²) in [7, 11) is 1.83. The lowest BCUT2D eigenvalue weighted by Crippen LogP contribution is -2.48. The van der Waals surface area contributed by atoms with Crippen molar-refractivity contribution in [2.24, 2.45) is 4.99 Å². The largest absolute Gasteiger partial charge is 0.370 e. The first-order valence-corrected chi connectivity index (χ1v) is 8.77. The van der Waals surface area contributed by atoms with Crippen molar-refractivity contribution in [2.75, 3.05) is 33.3 Å².